The third-order valence-electron chi connectivity index (χ3n) is 3.91. The molecule has 0 amide bonds. The first-order valence-electron chi connectivity index (χ1n) is 7.47. The van der Waals surface area contributed by atoms with Gasteiger partial charge < -0.3 is 5.32 Å². The van der Waals surface area contributed by atoms with Crippen molar-refractivity contribution in [3.05, 3.63) is 70.4 Å². The van der Waals surface area contributed by atoms with Crippen molar-refractivity contribution in [2.75, 3.05) is 6.54 Å². The van der Waals surface area contributed by atoms with E-state index in [1.807, 2.05) is 42.5 Å². The van der Waals surface area contributed by atoms with Crippen LogP contribution in [0.5, 0.6) is 0 Å². The Labute approximate surface area is 140 Å². The average Bonchev–Trinajstić information content (AvgIpc) is 3.10. The Hall–Kier alpha value is -2.57. The molecule has 23 heavy (non-hydrogen) atoms. The fourth-order valence-corrected chi connectivity index (χ4v) is 2.79. The quantitative estimate of drug-likeness (QED) is 0.519. The lowest BCUT2D eigenvalue weighted by atomic mass is 9.98. The average molecular weight is 323 g/mol. The monoisotopic (exact) mass is 322 g/mol. The normalized spacial score (nSPS) is 15.7. The van der Waals surface area contributed by atoms with E-state index in [9.17, 15) is 10.1 Å². The van der Waals surface area contributed by atoms with Crippen LogP contribution in [0.3, 0.4) is 0 Å². The van der Waals surface area contributed by atoms with Gasteiger partial charge in [-0.1, -0.05) is 48.0 Å². The van der Waals surface area contributed by atoms with Crippen molar-refractivity contribution in [2.45, 2.75) is 12.8 Å². The van der Waals surface area contributed by atoms with Crippen LogP contribution in [0.25, 0.3) is 11.1 Å². The maximum atomic E-state index is 12.5. The summed E-state index contributed by atoms with van der Waals surface area (Å²) in [5.41, 5.74) is 3.55. The molecule has 1 aliphatic rings. The molecule has 0 aromatic heterocycles. The molecule has 1 heterocycles. The second-order valence-corrected chi connectivity index (χ2v) is 5.85. The van der Waals surface area contributed by atoms with E-state index in [1.165, 1.54) is 0 Å². The van der Waals surface area contributed by atoms with E-state index in [0.717, 1.165) is 36.2 Å². The third kappa shape index (κ3) is 3.28. The van der Waals surface area contributed by atoms with E-state index >= 15 is 0 Å². The summed E-state index contributed by atoms with van der Waals surface area (Å²) in [6, 6.07) is 16.9. The zero-order valence-electron chi connectivity index (χ0n) is 12.5. The van der Waals surface area contributed by atoms with Crippen LogP contribution < -0.4 is 5.32 Å². The van der Waals surface area contributed by atoms with Crippen LogP contribution in [0.15, 0.2) is 59.8 Å². The van der Waals surface area contributed by atoms with Gasteiger partial charge in [-0.2, -0.15) is 5.26 Å². The van der Waals surface area contributed by atoms with Gasteiger partial charge in [0.25, 0.3) is 0 Å². The van der Waals surface area contributed by atoms with Crippen molar-refractivity contribution in [3.63, 3.8) is 0 Å². The molecule has 1 N–H and O–H groups in total. The first kappa shape index (κ1) is 15.3. The van der Waals surface area contributed by atoms with E-state index in [1.54, 1.807) is 12.1 Å². The molecule has 0 atom stereocenters. The highest BCUT2D eigenvalue weighted by Gasteiger charge is 2.19. The molecule has 114 valence electrons. The van der Waals surface area contributed by atoms with Gasteiger partial charge in [-0.15, -0.1) is 0 Å². The first-order chi connectivity index (χ1) is 11.2. The Balaban J connectivity index is 1.87. The van der Waals surface area contributed by atoms with E-state index in [2.05, 4.69) is 5.32 Å². The summed E-state index contributed by atoms with van der Waals surface area (Å²) in [4.78, 5) is 12.5. The number of nitrogens with zero attached hydrogens (tertiary/aromatic N) is 1. The van der Waals surface area contributed by atoms with E-state index in [4.69, 9.17) is 11.6 Å². The smallest absolute Gasteiger partial charge is 0.205 e. The van der Waals surface area contributed by atoms with Crippen LogP contribution in [-0.2, 0) is 0 Å². The third-order valence-corrected chi connectivity index (χ3v) is 4.16. The highest BCUT2D eigenvalue weighted by Crippen LogP contribution is 2.23. The van der Waals surface area contributed by atoms with Gasteiger partial charge in [0.1, 0.15) is 11.6 Å². The Bertz CT molecular complexity index is 791. The molecule has 0 saturated carbocycles. The predicted octanol–water partition coefficient (Wildman–Crippen LogP) is 4.35. The number of ketones is 1. The standard InChI is InChI=1S/C19H15ClN2O/c20-16-9-7-14(8-10-16)13-3-5-15(6-4-13)19(23)17(12-21)18-2-1-11-22-18/h3-10,22H,1-2,11H2. The van der Waals surface area contributed by atoms with E-state index in [-0.39, 0.29) is 11.4 Å². The molecule has 4 heteroatoms. The number of benzene rings is 2. The lowest BCUT2D eigenvalue weighted by molar-refractivity contribution is 0.103. The summed E-state index contributed by atoms with van der Waals surface area (Å²) in [5.74, 6) is -0.223. The fraction of sp³-hybridized carbons (Fsp3) is 0.158. The maximum Gasteiger partial charge on any atom is 0.205 e. The summed E-state index contributed by atoms with van der Waals surface area (Å²) in [5, 5.41) is 13.1. The molecule has 0 aliphatic carbocycles. The molecular formula is C19H15ClN2O. The van der Waals surface area contributed by atoms with Gasteiger partial charge in [0, 0.05) is 22.8 Å². The molecule has 2 aromatic carbocycles. The number of nitrogens with one attached hydrogen (secondary N) is 1. The van der Waals surface area contributed by atoms with Crippen LogP contribution in [0, 0.1) is 11.3 Å². The van der Waals surface area contributed by atoms with E-state index < -0.39 is 0 Å². The largest absolute Gasteiger partial charge is 0.387 e. The van der Waals surface area contributed by atoms with Gasteiger partial charge >= 0.3 is 0 Å². The van der Waals surface area contributed by atoms with Gasteiger partial charge in [0.2, 0.25) is 5.78 Å². The van der Waals surface area contributed by atoms with Crippen molar-refractivity contribution >= 4 is 17.4 Å². The van der Waals surface area contributed by atoms with Crippen LogP contribution in [0.4, 0.5) is 0 Å². The fourth-order valence-electron chi connectivity index (χ4n) is 2.66. The molecule has 1 aliphatic heterocycles. The van der Waals surface area contributed by atoms with Crippen LogP contribution in [0.1, 0.15) is 23.2 Å². The number of hydrogen-bond acceptors (Lipinski definition) is 3. The zero-order chi connectivity index (χ0) is 16.2. The maximum absolute atomic E-state index is 12.5. The van der Waals surface area contributed by atoms with Gasteiger partial charge in [-0.05, 0) is 36.1 Å². The molecular weight excluding hydrogens is 308 g/mol. The molecule has 3 nitrogen and oxygen atoms in total. The molecule has 0 bridgehead atoms. The minimum atomic E-state index is -0.223. The number of hydrogen-bond donors (Lipinski definition) is 1. The highest BCUT2D eigenvalue weighted by molar-refractivity contribution is 6.30. The minimum Gasteiger partial charge on any atom is -0.387 e. The zero-order valence-corrected chi connectivity index (χ0v) is 13.2. The number of Topliss-reactive ketones (excluding diaryl/α,β-unsaturated/α-hetero) is 1. The topological polar surface area (TPSA) is 52.9 Å². The van der Waals surface area contributed by atoms with Crippen molar-refractivity contribution in [2.24, 2.45) is 0 Å². The van der Waals surface area contributed by atoms with E-state index in [0.29, 0.717) is 10.6 Å². The molecule has 0 radical (unpaired) electrons. The number of nitriles is 1. The summed E-state index contributed by atoms with van der Waals surface area (Å²) >= 11 is 5.89. The predicted molar refractivity (Wildman–Crippen MR) is 91.1 cm³/mol. The first-order valence-corrected chi connectivity index (χ1v) is 7.84. The van der Waals surface area contributed by atoms with Crippen molar-refractivity contribution in [3.8, 4) is 17.2 Å². The summed E-state index contributed by atoms with van der Waals surface area (Å²) in [7, 11) is 0. The van der Waals surface area contributed by atoms with Crippen LogP contribution in [-0.4, -0.2) is 12.3 Å². The molecule has 2 aromatic rings. The Kier molecular flexibility index (Phi) is 4.45. The molecule has 3 rings (SSSR count). The van der Waals surface area contributed by atoms with Crippen molar-refractivity contribution in [1.82, 2.24) is 5.32 Å². The number of carbonyl (C=O) groups is 1. The van der Waals surface area contributed by atoms with Crippen molar-refractivity contribution in [1.29, 1.82) is 5.26 Å². The Morgan fingerprint density at radius 1 is 1.04 bits per heavy atom. The van der Waals surface area contributed by atoms with Crippen molar-refractivity contribution < 1.29 is 4.79 Å². The van der Waals surface area contributed by atoms with Gasteiger partial charge in [0.05, 0.1) is 0 Å². The number of rotatable bonds is 3. The van der Waals surface area contributed by atoms with Gasteiger partial charge in [-0.3, -0.25) is 4.79 Å². The number of halogens is 1. The SMILES string of the molecule is N#CC(C(=O)c1ccc(-c2ccc(Cl)cc2)cc1)=C1CCCN1. The molecule has 0 unspecified atom stereocenters. The molecule has 1 saturated heterocycles. The van der Waals surface area contributed by atoms with Gasteiger partial charge in [0.15, 0.2) is 0 Å². The number of allylic oxidation sites excluding steroid dienone is 2. The number of carbonyl (C=O) groups excluding carboxylic acids is 1. The Morgan fingerprint density at radius 2 is 1.65 bits per heavy atom. The summed E-state index contributed by atoms with van der Waals surface area (Å²) in [6.45, 7) is 0.823. The molecule has 0 spiro atoms. The Morgan fingerprint density at radius 3 is 2.17 bits per heavy atom. The second-order valence-electron chi connectivity index (χ2n) is 5.41. The summed E-state index contributed by atoms with van der Waals surface area (Å²) in [6.07, 6.45) is 1.72. The summed E-state index contributed by atoms with van der Waals surface area (Å²) < 4.78 is 0. The molecule has 1 fully saturated rings. The lowest BCUT2D eigenvalue weighted by Gasteiger charge is -2.06. The van der Waals surface area contributed by atoms with Crippen LogP contribution >= 0.6 is 11.6 Å². The minimum absolute atomic E-state index is 0.223. The van der Waals surface area contributed by atoms with Gasteiger partial charge in [-0.25, -0.2) is 0 Å². The lowest BCUT2D eigenvalue weighted by Crippen LogP contribution is -2.12. The highest BCUT2D eigenvalue weighted by atomic mass is 35.5. The second kappa shape index (κ2) is 6.68. The van der Waals surface area contributed by atoms with Crippen LogP contribution in [0.2, 0.25) is 5.02 Å².